The molecular formula is C15H14FN3O2. The Kier molecular flexibility index (Phi) is 4.50. The van der Waals surface area contributed by atoms with Crippen molar-refractivity contribution >= 4 is 23.2 Å². The van der Waals surface area contributed by atoms with Gasteiger partial charge in [-0.3, -0.25) is 9.59 Å². The van der Waals surface area contributed by atoms with Crippen LogP contribution in [0.4, 0.5) is 15.8 Å². The minimum atomic E-state index is -0.539. The second kappa shape index (κ2) is 6.51. The van der Waals surface area contributed by atoms with Crippen LogP contribution in [0.15, 0.2) is 48.5 Å². The molecule has 0 aliphatic carbocycles. The van der Waals surface area contributed by atoms with Crippen LogP contribution in [-0.2, 0) is 4.79 Å². The van der Waals surface area contributed by atoms with E-state index in [9.17, 15) is 14.0 Å². The molecular weight excluding hydrogens is 273 g/mol. The van der Waals surface area contributed by atoms with Crippen molar-refractivity contribution in [2.24, 2.45) is 5.73 Å². The molecule has 0 bridgehead atoms. The van der Waals surface area contributed by atoms with Gasteiger partial charge in [-0.25, -0.2) is 4.39 Å². The molecule has 0 aliphatic heterocycles. The van der Waals surface area contributed by atoms with Crippen LogP contribution in [0.1, 0.15) is 10.4 Å². The van der Waals surface area contributed by atoms with Crippen LogP contribution >= 0.6 is 0 Å². The van der Waals surface area contributed by atoms with Crippen molar-refractivity contribution in [2.45, 2.75) is 0 Å². The van der Waals surface area contributed by atoms with E-state index in [1.54, 1.807) is 30.3 Å². The van der Waals surface area contributed by atoms with Crippen LogP contribution < -0.4 is 16.4 Å². The number of nitrogens with one attached hydrogen (secondary N) is 2. The number of anilines is 2. The third-order valence-corrected chi connectivity index (χ3v) is 2.71. The summed E-state index contributed by atoms with van der Waals surface area (Å²) in [4.78, 5) is 22.8. The van der Waals surface area contributed by atoms with Crippen LogP contribution in [0.5, 0.6) is 0 Å². The van der Waals surface area contributed by atoms with Gasteiger partial charge in [0.15, 0.2) is 0 Å². The van der Waals surface area contributed by atoms with E-state index in [0.717, 1.165) is 0 Å². The van der Waals surface area contributed by atoms with Gasteiger partial charge in [0.2, 0.25) is 11.8 Å². The number of hydrogen-bond donors (Lipinski definition) is 3. The number of nitrogens with two attached hydrogens (primary N) is 1. The van der Waals surface area contributed by atoms with Gasteiger partial charge in [-0.1, -0.05) is 12.1 Å². The highest BCUT2D eigenvalue weighted by Crippen LogP contribution is 2.11. The van der Waals surface area contributed by atoms with Crippen LogP contribution in [0.3, 0.4) is 0 Å². The summed E-state index contributed by atoms with van der Waals surface area (Å²) in [5.74, 6) is -1.29. The van der Waals surface area contributed by atoms with Crippen molar-refractivity contribution < 1.29 is 14.0 Å². The fourth-order valence-electron chi connectivity index (χ4n) is 1.74. The summed E-state index contributed by atoms with van der Waals surface area (Å²) < 4.78 is 13.0. The molecule has 0 aliphatic rings. The highest BCUT2D eigenvalue weighted by Gasteiger charge is 2.05. The lowest BCUT2D eigenvalue weighted by Crippen LogP contribution is -2.22. The van der Waals surface area contributed by atoms with Crippen LogP contribution in [-0.4, -0.2) is 18.4 Å². The van der Waals surface area contributed by atoms with Gasteiger partial charge in [0.1, 0.15) is 5.82 Å². The van der Waals surface area contributed by atoms with Gasteiger partial charge in [-0.2, -0.15) is 0 Å². The Bertz CT molecular complexity index is 673. The van der Waals surface area contributed by atoms with Crippen LogP contribution in [0.2, 0.25) is 0 Å². The van der Waals surface area contributed by atoms with Gasteiger partial charge in [-0.05, 0) is 36.4 Å². The van der Waals surface area contributed by atoms with Crippen molar-refractivity contribution in [1.82, 2.24) is 0 Å². The van der Waals surface area contributed by atoms with Gasteiger partial charge in [0, 0.05) is 16.9 Å². The first-order valence-corrected chi connectivity index (χ1v) is 6.24. The minimum absolute atomic E-state index is 0.0152. The number of rotatable bonds is 5. The molecule has 21 heavy (non-hydrogen) atoms. The van der Waals surface area contributed by atoms with Crippen molar-refractivity contribution in [3.63, 3.8) is 0 Å². The maximum Gasteiger partial charge on any atom is 0.248 e. The Morgan fingerprint density at radius 2 is 1.76 bits per heavy atom. The molecule has 0 aromatic heterocycles. The minimum Gasteiger partial charge on any atom is -0.376 e. The molecule has 0 atom stereocenters. The molecule has 2 aromatic carbocycles. The molecule has 108 valence electrons. The van der Waals surface area contributed by atoms with E-state index < -0.39 is 11.7 Å². The summed E-state index contributed by atoms with van der Waals surface area (Å²) in [5.41, 5.74) is 6.51. The van der Waals surface area contributed by atoms with Gasteiger partial charge >= 0.3 is 0 Å². The van der Waals surface area contributed by atoms with Gasteiger partial charge in [0.05, 0.1) is 6.54 Å². The highest BCUT2D eigenvalue weighted by molar-refractivity contribution is 5.95. The Labute approximate surface area is 121 Å². The summed E-state index contributed by atoms with van der Waals surface area (Å²) in [6.07, 6.45) is 0. The van der Waals surface area contributed by atoms with E-state index in [-0.39, 0.29) is 12.5 Å². The molecule has 5 nitrogen and oxygen atoms in total. The Morgan fingerprint density at radius 1 is 1.05 bits per heavy atom. The summed E-state index contributed by atoms with van der Waals surface area (Å²) in [6, 6.07) is 12.1. The zero-order valence-corrected chi connectivity index (χ0v) is 11.1. The molecule has 0 saturated carbocycles. The molecule has 2 aromatic rings. The molecule has 4 N–H and O–H groups in total. The Morgan fingerprint density at radius 3 is 2.48 bits per heavy atom. The van der Waals surface area contributed by atoms with Crippen molar-refractivity contribution in [3.05, 3.63) is 59.9 Å². The van der Waals surface area contributed by atoms with Crippen molar-refractivity contribution in [1.29, 1.82) is 0 Å². The average Bonchev–Trinajstić information content (AvgIpc) is 2.45. The monoisotopic (exact) mass is 287 g/mol. The van der Waals surface area contributed by atoms with Crippen molar-refractivity contribution in [3.8, 4) is 0 Å². The van der Waals surface area contributed by atoms with E-state index in [0.29, 0.717) is 16.9 Å². The zero-order valence-electron chi connectivity index (χ0n) is 11.1. The molecule has 2 amide bonds. The zero-order chi connectivity index (χ0) is 15.2. The standard InChI is InChI=1S/C15H14FN3O2/c16-11-4-2-6-13(8-11)19-14(20)9-18-12-5-1-3-10(7-12)15(17)21/h1-8,18H,9H2,(H2,17,21)(H,19,20). The SMILES string of the molecule is NC(=O)c1cccc(NCC(=O)Nc2cccc(F)c2)c1. The van der Waals surface area contributed by atoms with E-state index in [2.05, 4.69) is 10.6 Å². The Hall–Kier alpha value is -2.89. The summed E-state index contributed by atoms with van der Waals surface area (Å²) in [6.45, 7) is -0.0152. The first-order chi connectivity index (χ1) is 10.0. The fraction of sp³-hybridized carbons (Fsp3) is 0.0667. The summed E-state index contributed by atoms with van der Waals surface area (Å²) in [7, 11) is 0. The second-order valence-corrected chi connectivity index (χ2v) is 4.36. The number of halogens is 1. The number of amides is 2. The largest absolute Gasteiger partial charge is 0.376 e. The summed E-state index contributed by atoms with van der Waals surface area (Å²) >= 11 is 0. The normalized spacial score (nSPS) is 9.95. The lowest BCUT2D eigenvalue weighted by atomic mass is 10.2. The molecule has 2 rings (SSSR count). The van der Waals surface area contributed by atoms with Crippen LogP contribution in [0.25, 0.3) is 0 Å². The summed E-state index contributed by atoms with van der Waals surface area (Å²) in [5, 5.41) is 5.42. The molecule has 0 spiro atoms. The fourth-order valence-corrected chi connectivity index (χ4v) is 1.74. The number of carbonyl (C=O) groups excluding carboxylic acids is 2. The van der Waals surface area contributed by atoms with Crippen molar-refractivity contribution in [2.75, 3.05) is 17.2 Å². The lowest BCUT2D eigenvalue weighted by Gasteiger charge is -2.08. The first kappa shape index (κ1) is 14.5. The van der Waals surface area contributed by atoms with E-state index >= 15 is 0 Å². The highest BCUT2D eigenvalue weighted by atomic mass is 19.1. The van der Waals surface area contributed by atoms with Gasteiger partial charge in [0.25, 0.3) is 0 Å². The topological polar surface area (TPSA) is 84.2 Å². The maximum absolute atomic E-state index is 13.0. The first-order valence-electron chi connectivity index (χ1n) is 6.24. The number of primary amides is 1. The van der Waals surface area contributed by atoms with Crippen LogP contribution in [0, 0.1) is 5.82 Å². The quantitative estimate of drug-likeness (QED) is 0.786. The smallest absolute Gasteiger partial charge is 0.248 e. The average molecular weight is 287 g/mol. The molecule has 0 radical (unpaired) electrons. The molecule has 0 unspecified atom stereocenters. The lowest BCUT2D eigenvalue weighted by molar-refractivity contribution is -0.114. The number of benzene rings is 2. The second-order valence-electron chi connectivity index (χ2n) is 4.36. The predicted molar refractivity (Wildman–Crippen MR) is 78.5 cm³/mol. The predicted octanol–water partition coefficient (Wildman–Crippen LogP) is 1.98. The molecule has 6 heteroatoms. The van der Waals surface area contributed by atoms with E-state index in [1.807, 2.05) is 0 Å². The third kappa shape index (κ3) is 4.31. The molecule has 0 heterocycles. The van der Waals surface area contributed by atoms with E-state index in [1.165, 1.54) is 18.2 Å². The van der Waals surface area contributed by atoms with Gasteiger partial charge in [-0.15, -0.1) is 0 Å². The maximum atomic E-state index is 13.0. The number of hydrogen-bond acceptors (Lipinski definition) is 3. The molecule has 0 fully saturated rings. The number of carbonyl (C=O) groups is 2. The Balaban J connectivity index is 1.92. The molecule has 0 saturated heterocycles. The van der Waals surface area contributed by atoms with E-state index in [4.69, 9.17) is 5.73 Å². The third-order valence-electron chi connectivity index (χ3n) is 2.71. The van der Waals surface area contributed by atoms with Gasteiger partial charge < -0.3 is 16.4 Å².